The lowest BCUT2D eigenvalue weighted by Crippen LogP contribution is -2.30. The highest BCUT2D eigenvalue weighted by Crippen LogP contribution is 2.12. The van der Waals surface area contributed by atoms with Gasteiger partial charge in [-0.1, -0.05) is 176 Å². The third-order valence-electron chi connectivity index (χ3n) is 9.11. The van der Waals surface area contributed by atoms with E-state index in [1.807, 2.05) is 0 Å². The highest BCUT2D eigenvalue weighted by atomic mass is 16.6. The molecule has 0 aliphatic heterocycles. The zero-order chi connectivity index (χ0) is 40.8. The molecule has 318 valence electrons. The third kappa shape index (κ3) is 41.7. The van der Waals surface area contributed by atoms with E-state index in [-0.39, 0.29) is 37.5 Å². The SMILES string of the molecule is CC/C=C\C/C=C\C/C=C\C/C=C\C/C=C\CCCC(=O)OCC(COC(=O)CCCCCCCCCC)OC(=O)CCCCCCC/C=C\C/C=C\CCC. The first-order chi connectivity index (χ1) is 27.5. The molecule has 0 N–H and O–H groups in total. The van der Waals surface area contributed by atoms with Gasteiger partial charge in [-0.2, -0.15) is 0 Å². The van der Waals surface area contributed by atoms with Crippen LogP contribution in [0.2, 0.25) is 0 Å². The van der Waals surface area contributed by atoms with Crippen molar-refractivity contribution >= 4 is 17.9 Å². The Balaban J connectivity index is 4.47. The Morgan fingerprint density at radius 3 is 1.23 bits per heavy atom. The molecule has 1 atom stereocenters. The van der Waals surface area contributed by atoms with Crippen molar-refractivity contribution < 1.29 is 28.6 Å². The zero-order valence-corrected chi connectivity index (χ0v) is 36.1. The van der Waals surface area contributed by atoms with Gasteiger partial charge >= 0.3 is 17.9 Å². The molecule has 0 aliphatic rings. The molecular weight excluding hydrogens is 697 g/mol. The standard InChI is InChI=1S/C50H82O6/c1-4-7-10-13-16-19-21-23-24-25-26-28-29-31-34-37-40-43-49(52)55-46-47(45-54-48(51)42-39-36-33-18-15-12-9-6-3)56-50(53)44-41-38-35-32-30-27-22-20-17-14-11-8-5-2/h7,10-11,14,16,19-20,22-24,26,28,31,34,47H,4-6,8-9,12-13,15,17-18,21,25,27,29-30,32-33,35-46H2,1-3H3/b10-7-,14-11-,19-16-,22-20-,24-23-,28-26-,34-31-. The van der Waals surface area contributed by atoms with Gasteiger partial charge in [0.2, 0.25) is 0 Å². The van der Waals surface area contributed by atoms with Crippen molar-refractivity contribution in [3.05, 3.63) is 85.1 Å². The molecule has 0 bridgehead atoms. The van der Waals surface area contributed by atoms with Gasteiger partial charge in [0.05, 0.1) is 0 Å². The van der Waals surface area contributed by atoms with Gasteiger partial charge in [-0.3, -0.25) is 14.4 Å². The number of rotatable bonds is 39. The number of hydrogen-bond acceptors (Lipinski definition) is 6. The van der Waals surface area contributed by atoms with E-state index in [0.29, 0.717) is 19.3 Å². The lowest BCUT2D eigenvalue weighted by atomic mass is 10.1. The van der Waals surface area contributed by atoms with Gasteiger partial charge in [0, 0.05) is 19.3 Å². The van der Waals surface area contributed by atoms with Crippen molar-refractivity contribution in [1.82, 2.24) is 0 Å². The van der Waals surface area contributed by atoms with Crippen LogP contribution in [0.5, 0.6) is 0 Å². The van der Waals surface area contributed by atoms with Crippen LogP contribution in [-0.2, 0) is 28.6 Å². The fourth-order valence-electron chi connectivity index (χ4n) is 5.75. The summed E-state index contributed by atoms with van der Waals surface area (Å²) in [6.45, 7) is 6.34. The number of unbranched alkanes of at least 4 members (excludes halogenated alkanes) is 14. The first kappa shape index (κ1) is 52.6. The van der Waals surface area contributed by atoms with Crippen molar-refractivity contribution in [3.8, 4) is 0 Å². The summed E-state index contributed by atoms with van der Waals surface area (Å²) in [5.41, 5.74) is 0. The van der Waals surface area contributed by atoms with Crippen LogP contribution < -0.4 is 0 Å². The molecule has 56 heavy (non-hydrogen) atoms. The molecule has 0 heterocycles. The summed E-state index contributed by atoms with van der Waals surface area (Å²) < 4.78 is 16.6. The smallest absolute Gasteiger partial charge is 0.306 e. The van der Waals surface area contributed by atoms with Crippen molar-refractivity contribution in [3.63, 3.8) is 0 Å². The van der Waals surface area contributed by atoms with Gasteiger partial charge in [0.25, 0.3) is 0 Å². The van der Waals surface area contributed by atoms with Crippen molar-refractivity contribution in [2.75, 3.05) is 13.2 Å². The second-order valence-electron chi connectivity index (χ2n) is 14.6. The molecule has 0 aromatic rings. The first-order valence-electron chi connectivity index (χ1n) is 22.6. The molecule has 6 heteroatoms. The quantitative estimate of drug-likeness (QED) is 0.0268. The summed E-state index contributed by atoms with van der Waals surface area (Å²) in [5.74, 6) is -0.989. The van der Waals surface area contributed by atoms with Crippen LogP contribution in [0.3, 0.4) is 0 Å². The maximum Gasteiger partial charge on any atom is 0.306 e. The monoisotopic (exact) mass is 779 g/mol. The van der Waals surface area contributed by atoms with Gasteiger partial charge in [-0.15, -0.1) is 0 Å². The molecule has 0 saturated carbocycles. The number of esters is 3. The molecule has 0 spiro atoms. The molecule has 0 fully saturated rings. The van der Waals surface area contributed by atoms with E-state index in [1.54, 1.807) is 0 Å². The van der Waals surface area contributed by atoms with Crippen LogP contribution in [0.1, 0.15) is 194 Å². The van der Waals surface area contributed by atoms with Crippen molar-refractivity contribution in [2.24, 2.45) is 0 Å². The van der Waals surface area contributed by atoms with E-state index in [9.17, 15) is 14.4 Å². The Hall–Kier alpha value is -3.41. The van der Waals surface area contributed by atoms with Crippen LogP contribution in [0, 0.1) is 0 Å². The molecule has 1 unspecified atom stereocenters. The Bertz CT molecular complexity index is 1120. The van der Waals surface area contributed by atoms with Crippen LogP contribution in [0.4, 0.5) is 0 Å². The van der Waals surface area contributed by atoms with Crippen LogP contribution in [0.15, 0.2) is 85.1 Å². The highest BCUT2D eigenvalue weighted by molar-refractivity contribution is 5.71. The maximum atomic E-state index is 12.7. The first-order valence-corrected chi connectivity index (χ1v) is 22.6. The summed E-state index contributed by atoms with van der Waals surface area (Å²) in [4.78, 5) is 37.6. The van der Waals surface area contributed by atoms with Crippen LogP contribution in [-0.4, -0.2) is 37.2 Å². The van der Waals surface area contributed by atoms with E-state index in [2.05, 4.69) is 106 Å². The van der Waals surface area contributed by atoms with Crippen molar-refractivity contribution in [2.45, 2.75) is 200 Å². The van der Waals surface area contributed by atoms with E-state index >= 15 is 0 Å². The fourth-order valence-corrected chi connectivity index (χ4v) is 5.75. The molecular formula is C50H82O6. The minimum Gasteiger partial charge on any atom is -0.462 e. The summed E-state index contributed by atoms with van der Waals surface area (Å²) in [6, 6.07) is 0. The molecule has 0 amide bonds. The molecule has 0 radical (unpaired) electrons. The molecule has 6 nitrogen and oxygen atoms in total. The van der Waals surface area contributed by atoms with E-state index < -0.39 is 6.10 Å². The van der Waals surface area contributed by atoms with E-state index in [1.165, 1.54) is 38.5 Å². The lowest BCUT2D eigenvalue weighted by molar-refractivity contribution is -0.167. The molecule has 0 aliphatic carbocycles. The second kappa shape index (κ2) is 44.3. The minimum atomic E-state index is -0.802. The van der Waals surface area contributed by atoms with Gasteiger partial charge in [-0.05, 0) is 83.5 Å². The van der Waals surface area contributed by atoms with E-state index in [4.69, 9.17) is 14.2 Å². The number of carbonyl (C=O) groups is 3. The second-order valence-corrected chi connectivity index (χ2v) is 14.6. The topological polar surface area (TPSA) is 78.9 Å². The molecule has 0 aromatic heterocycles. The minimum absolute atomic E-state index is 0.100. The Kier molecular flexibility index (Phi) is 41.6. The molecule has 0 rings (SSSR count). The fraction of sp³-hybridized carbons (Fsp3) is 0.660. The summed E-state index contributed by atoms with van der Waals surface area (Å²) >= 11 is 0. The Labute approximate surface area is 344 Å². The predicted molar refractivity (Wildman–Crippen MR) is 237 cm³/mol. The zero-order valence-electron chi connectivity index (χ0n) is 36.1. The van der Waals surface area contributed by atoms with Gasteiger partial charge in [0.15, 0.2) is 6.10 Å². The summed E-state index contributed by atoms with van der Waals surface area (Å²) in [5, 5.41) is 0. The summed E-state index contributed by atoms with van der Waals surface area (Å²) in [6.07, 6.45) is 55.7. The number of hydrogen-bond donors (Lipinski definition) is 0. The van der Waals surface area contributed by atoms with Crippen molar-refractivity contribution in [1.29, 1.82) is 0 Å². The molecule has 0 aromatic carbocycles. The van der Waals surface area contributed by atoms with Gasteiger partial charge in [-0.25, -0.2) is 0 Å². The van der Waals surface area contributed by atoms with Gasteiger partial charge < -0.3 is 14.2 Å². The molecule has 0 saturated heterocycles. The summed E-state index contributed by atoms with van der Waals surface area (Å²) in [7, 11) is 0. The Morgan fingerprint density at radius 1 is 0.375 bits per heavy atom. The lowest BCUT2D eigenvalue weighted by Gasteiger charge is -2.18. The third-order valence-corrected chi connectivity index (χ3v) is 9.11. The maximum absolute atomic E-state index is 12.7. The number of ether oxygens (including phenoxy) is 3. The van der Waals surface area contributed by atoms with Gasteiger partial charge in [0.1, 0.15) is 13.2 Å². The normalized spacial score (nSPS) is 12.8. The Morgan fingerprint density at radius 2 is 0.750 bits per heavy atom. The number of carbonyl (C=O) groups excluding carboxylic acids is 3. The predicted octanol–water partition coefficient (Wildman–Crippen LogP) is 14.5. The highest BCUT2D eigenvalue weighted by Gasteiger charge is 2.19. The number of allylic oxidation sites excluding steroid dienone is 14. The largest absolute Gasteiger partial charge is 0.462 e. The average Bonchev–Trinajstić information content (AvgIpc) is 3.19. The van der Waals surface area contributed by atoms with Crippen LogP contribution >= 0.6 is 0 Å². The van der Waals surface area contributed by atoms with Crippen LogP contribution in [0.25, 0.3) is 0 Å². The average molecular weight is 779 g/mol. The van der Waals surface area contributed by atoms with E-state index in [0.717, 1.165) is 109 Å².